The van der Waals surface area contributed by atoms with Crippen LogP contribution < -0.4 is 10.0 Å². The number of pyridine rings is 1. The molecular formula is C21H19FN4O3S2. The summed E-state index contributed by atoms with van der Waals surface area (Å²) in [5.41, 5.74) is 2.87. The van der Waals surface area contributed by atoms with Gasteiger partial charge in [-0.15, -0.1) is 11.3 Å². The van der Waals surface area contributed by atoms with Crippen LogP contribution in [0.1, 0.15) is 35.8 Å². The largest absolute Gasteiger partial charge is 0.326 e. The first-order valence-electron chi connectivity index (χ1n) is 9.92. The van der Waals surface area contributed by atoms with E-state index in [0.29, 0.717) is 42.1 Å². The molecule has 7 nitrogen and oxygen atoms in total. The minimum absolute atomic E-state index is 0.154. The van der Waals surface area contributed by atoms with Gasteiger partial charge in [-0.25, -0.2) is 17.8 Å². The topological polar surface area (TPSA) is 101 Å². The highest BCUT2D eigenvalue weighted by Gasteiger charge is 2.38. The number of halogens is 1. The van der Waals surface area contributed by atoms with Crippen molar-refractivity contribution in [2.75, 3.05) is 10.0 Å². The van der Waals surface area contributed by atoms with Gasteiger partial charge in [0, 0.05) is 22.3 Å². The number of nitrogens with one attached hydrogen (secondary N) is 2. The number of rotatable bonds is 6. The molecule has 2 heterocycles. The monoisotopic (exact) mass is 458 g/mol. The van der Waals surface area contributed by atoms with Crippen molar-refractivity contribution in [1.29, 1.82) is 0 Å². The van der Waals surface area contributed by atoms with Gasteiger partial charge in [0.1, 0.15) is 5.82 Å². The van der Waals surface area contributed by atoms with E-state index in [1.165, 1.54) is 17.4 Å². The number of benzene rings is 1. The van der Waals surface area contributed by atoms with Crippen LogP contribution in [0.15, 0.2) is 42.7 Å². The van der Waals surface area contributed by atoms with Crippen LogP contribution in [0, 0.1) is 5.82 Å². The summed E-state index contributed by atoms with van der Waals surface area (Å²) < 4.78 is 40.2. The van der Waals surface area contributed by atoms with Gasteiger partial charge in [0.15, 0.2) is 5.13 Å². The number of hydrogen-bond donors (Lipinski definition) is 2. The van der Waals surface area contributed by atoms with Crippen molar-refractivity contribution >= 4 is 38.1 Å². The molecule has 0 bridgehead atoms. The Hall–Kier alpha value is -2.85. The van der Waals surface area contributed by atoms with Gasteiger partial charge in [-0.05, 0) is 49.4 Å². The summed E-state index contributed by atoms with van der Waals surface area (Å²) in [6.07, 6.45) is 5.37. The van der Waals surface area contributed by atoms with Crippen molar-refractivity contribution in [3.05, 3.63) is 59.1 Å². The molecule has 3 aromatic rings. The van der Waals surface area contributed by atoms with E-state index < -0.39 is 15.8 Å². The Bertz CT molecular complexity index is 1250. The van der Waals surface area contributed by atoms with Gasteiger partial charge in [0.2, 0.25) is 15.9 Å². The van der Waals surface area contributed by atoms with Crippen molar-refractivity contribution in [1.82, 2.24) is 9.97 Å². The molecule has 0 spiro atoms. The molecule has 1 aromatic carbocycles. The first-order valence-corrected chi connectivity index (χ1v) is 12.3. The summed E-state index contributed by atoms with van der Waals surface area (Å²) >= 11 is 1.24. The fourth-order valence-corrected chi connectivity index (χ4v) is 6.37. The highest BCUT2D eigenvalue weighted by Crippen LogP contribution is 2.41. The van der Waals surface area contributed by atoms with E-state index in [2.05, 4.69) is 20.0 Å². The summed E-state index contributed by atoms with van der Waals surface area (Å²) in [4.78, 5) is 21.9. The number of amides is 1. The minimum Gasteiger partial charge on any atom is -0.326 e. The maximum absolute atomic E-state index is 13.4. The molecule has 31 heavy (non-hydrogen) atoms. The molecular weight excluding hydrogens is 439 g/mol. The maximum Gasteiger partial charge on any atom is 0.237 e. The lowest BCUT2D eigenvalue weighted by Gasteiger charge is -2.11. The lowest BCUT2D eigenvalue weighted by atomic mass is 10.1. The number of aromatic nitrogens is 2. The molecule has 0 saturated heterocycles. The molecule has 2 aliphatic carbocycles. The zero-order valence-corrected chi connectivity index (χ0v) is 18.0. The van der Waals surface area contributed by atoms with Crippen LogP contribution in [0.5, 0.6) is 0 Å². The fraction of sp³-hybridized carbons (Fsp3) is 0.286. The number of thiazole rings is 1. The second-order valence-electron chi connectivity index (χ2n) is 7.73. The van der Waals surface area contributed by atoms with Gasteiger partial charge >= 0.3 is 0 Å². The molecule has 160 valence electrons. The number of fused-ring (bicyclic) bond motifs is 1. The second-order valence-corrected chi connectivity index (χ2v) is 10.7. The molecule has 2 N–H and O–H groups in total. The molecule has 1 fully saturated rings. The van der Waals surface area contributed by atoms with E-state index in [1.54, 1.807) is 30.5 Å². The van der Waals surface area contributed by atoms with Crippen LogP contribution in [0.2, 0.25) is 0 Å². The average Bonchev–Trinajstić information content (AvgIpc) is 3.43. The summed E-state index contributed by atoms with van der Waals surface area (Å²) in [6, 6.07) is 8.51. The molecule has 10 heteroatoms. The lowest BCUT2D eigenvalue weighted by molar-refractivity contribution is -0.117. The molecule has 0 radical (unpaired) electrons. The van der Waals surface area contributed by atoms with Gasteiger partial charge in [0.05, 0.1) is 23.1 Å². The Kier molecular flexibility index (Phi) is 4.98. The number of anilines is 2. The number of carbonyl (C=O) groups excluding carboxylic acids is 1. The van der Waals surface area contributed by atoms with Crippen molar-refractivity contribution < 1.29 is 17.6 Å². The second kappa shape index (κ2) is 7.69. The van der Waals surface area contributed by atoms with E-state index in [0.717, 1.165) is 22.3 Å². The molecule has 1 atom stereocenters. The quantitative estimate of drug-likeness (QED) is 0.583. The zero-order chi connectivity index (χ0) is 21.6. The Morgan fingerprint density at radius 3 is 2.58 bits per heavy atom. The maximum atomic E-state index is 13.4. The zero-order valence-electron chi connectivity index (χ0n) is 16.3. The third-order valence-electron chi connectivity index (χ3n) is 5.41. The van der Waals surface area contributed by atoms with Gasteiger partial charge in [0.25, 0.3) is 0 Å². The SMILES string of the molecule is O=C(Nc1ccc(-c2cncc(F)c2)cc1)C1CCc2nc(NS(=O)(=O)C3CC3)sc21. The molecule has 1 saturated carbocycles. The summed E-state index contributed by atoms with van der Waals surface area (Å²) in [5, 5.41) is 2.93. The smallest absolute Gasteiger partial charge is 0.237 e. The molecule has 5 rings (SSSR count). The lowest BCUT2D eigenvalue weighted by Crippen LogP contribution is -2.19. The number of aryl methyl sites for hydroxylation is 1. The summed E-state index contributed by atoms with van der Waals surface area (Å²) in [7, 11) is -3.37. The van der Waals surface area contributed by atoms with E-state index in [9.17, 15) is 17.6 Å². The van der Waals surface area contributed by atoms with Gasteiger partial charge in [-0.1, -0.05) is 12.1 Å². The number of nitrogens with zero attached hydrogens (tertiary/aromatic N) is 2. The van der Waals surface area contributed by atoms with Crippen LogP contribution in [0.25, 0.3) is 11.1 Å². The Labute approximate surface area is 182 Å². The molecule has 2 aliphatic rings. The summed E-state index contributed by atoms with van der Waals surface area (Å²) in [6.45, 7) is 0. The summed E-state index contributed by atoms with van der Waals surface area (Å²) in [5.74, 6) is -0.923. The van der Waals surface area contributed by atoms with E-state index in [1.807, 2.05) is 0 Å². The van der Waals surface area contributed by atoms with Crippen LogP contribution in [-0.4, -0.2) is 29.5 Å². The van der Waals surface area contributed by atoms with Crippen molar-refractivity contribution in [3.8, 4) is 11.1 Å². The van der Waals surface area contributed by atoms with E-state index >= 15 is 0 Å². The highest BCUT2D eigenvalue weighted by molar-refractivity contribution is 7.93. The molecule has 1 unspecified atom stereocenters. The Morgan fingerprint density at radius 1 is 1.10 bits per heavy atom. The number of hydrogen-bond acceptors (Lipinski definition) is 6. The van der Waals surface area contributed by atoms with Crippen molar-refractivity contribution in [3.63, 3.8) is 0 Å². The number of sulfonamides is 1. The Balaban J connectivity index is 1.28. The predicted molar refractivity (Wildman–Crippen MR) is 117 cm³/mol. The van der Waals surface area contributed by atoms with Crippen molar-refractivity contribution in [2.24, 2.45) is 0 Å². The Morgan fingerprint density at radius 2 is 1.87 bits per heavy atom. The average molecular weight is 459 g/mol. The minimum atomic E-state index is -3.37. The first kappa shape index (κ1) is 20.1. The van der Waals surface area contributed by atoms with Crippen LogP contribution in [0.4, 0.5) is 15.2 Å². The highest BCUT2D eigenvalue weighted by atomic mass is 32.2. The van der Waals surface area contributed by atoms with Gasteiger partial charge in [-0.3, -0.25) is 14.5 Å². The standard InChI is InChI=1S/C21H19FN4O3S2/c22-14-9-13(10-23-11-14)12-1-3-15(4-2-12)24-20(27)17-7-8-18-19(17)30-21(25-18)26-31(28,29)16-5-6-16/h1-4,9-11,16-17H,5-8H2,(H,24,27)(H,25,26). The number of carbonyl (C=O) groups is 1. The molecule has 1 amide bonds. The van der Waals surface area contributed by atoms with Gasteiger partial charge in [-0.2, -0.15) is 0 Å². The van der Waals surface area contributed by atoms with E-state index in [-0.39, 0.29) is 17.1 Å². The third kappa shape index (κ3) is 4.17. The van der Waals surface area contributed by atoms with Crippen LogP contribution in [-0.2, 0) is 21.2 Å². The van der Waals surface area contributed by atoms with Crippen molar-refractivity contribution in [2.45, 2.75) is 36.9 Å². The fourth-order valence-electron chi connectivity index (χ4n) is 3.65. The first-order chi connectivity index (χ1) is 14.9. The third-order valence-corrected chi connectivity index (χ3v) is 8.50. The molecule has 0 aliphatic heterocycles. The van der Waals surface area contributed by atoms with Crippen LogP contribution >= 0.6 is 11.3 Å². The van der Waals surface area contributed by atoms with E-state index in [4.69, 9.17) is 0 Å². The van der Waals surface area contributed by atoms with Gasteiger partial charge < -0.3 is 5.32 Å². The molecule has 2 aromatic heterocycles. The predicted octanol–water partition coefficient (Wildman–Crippen LogP) is 3.92. The van der Waals surface area contributed by atoms with Crippen LogP contribution in [0.3, 0.4) is 0 Å². The normalized spacial score (nSPS) is 17.9.